The van der Waals surface area contributed by atoms with E-state index in [4.69, 9.17) is 9.47 Å². The first-order valence-corrected chi connectivity index (χ1v) is 15.0. The van der Waals surface area contributed by atoms with Crippen molar-refractivity contribution in [1.82, 2.24) is 0 Å². The first kappa shape index (κ1) is 26.5. The Labute approximate surface area is 216 Å². The molecule has 5 rings (SSSR count). The highest BCUT2D eigenvalue weighted by Crippen LogP contribution is 2.78. The van der Waals surface area contributed by atoms with Crippen molar-refractivity contribution in [3.05, 3.63) is 0 Å². The van der Waals surface area contributed by atoms with Crippen molar-refractivity contribution in [3.63, 3.8) is 0 Å². The van der Waals surface area contributed by atoms with Gasteiger partial charge in [0.05, 0.1) is 17.8 Å². The van der Waals surface area contributed by atoms with Gasteiger partial charge in [-0.15, -0.1) is 0 Å². The van der Waals surface area contributed by atoms with Gasteiger partial charge in [0.1, 0.15) is 0 Å². The molecule has 3 nitrogen and oxygen atoms in total. The Bertz CT molecular complexity index is 839. The second kappa shape index (κ2) is 7.95. The molecular weight excluding hydrogens is 432 g/mol. The zero-order valence-electron chi connectivity index (χ0n) is 24.7. The van der Waals surface area contributed by atoms with E-state index in [0.29, 0.717) is 16.7 Å². The smallest absolute Gasteiger partial charge is 0.0885 e. The molecule has 5 aliphatic rings. The number of hydrogen-bond acceptors (Lipinski definition) is 3. The third-order valence-corrected chi connectivity index (χ3v) is 14.8. The maximum Gasteiger partial charge on any atom is 0.0885 e. The molecule has 0 aliphatic heterocycles. The summed E-state index contributed by atoms with van der Waals surface area (Å²) in [6.07, 6.45) is 10.6. The Hall–Kier alpha value is -0.120. The van der Waals surface area contributed by atoms with E-state index >= 15 is 0 Å². The summed E-state index contributed by atoms with van der Waals surface area (Å²) in [4.78, 5) is 0. The second-order valence-corrected chi connectivity index (χ2v) is 15.7. The van der Waals surface area contributed by atoms with E-state index < -0.39 is 6.10 Å². The summed E-state index contributed by atoms with van der Waals surface area (Å²) < 4.78 is 12.6. The molecule has 35 heavy (non-hydrogen) atoms. The van der Waals surface area contributed by atoms with Crippen LogP contribution in [-0.2, 0) is 9.47 Å². The van der Waals surface area contributed by atoms with Gasteiger partial charge in [-0.2, -0.15) is 0 Å². The lowest BCUT2D eigenvalue weighted by molar-refractivity contribution is -0.345. The Morgan fingerprint density at radius 1 is 0.771 bits per heavy atom. The summed E-state index contributed by atoms with van der Waals surface area (Å²) in [5.41, 5.74) is 0.351. The molecule has 0 aromatic carbocycles. The van der Waals surface area contributed by atoms with Crippen molar-refractivity contribution in [2.45, 2.75) is 131 Å². The van der Waals surface area contributed by atoms with Crippen molar-refractivity contribution in [3.8, 4) is 0 Å². The van der Waals surface area contributed by atoms with Gasteiger partial charge in [-0.3, -0.25) is 0 Å². The Morgan fingerprint density at radius 2 is 1.43 bits per heavy atom. The van der Waals surface area contributed by atoms with Crippen LogP contribution in [0.3, 0.4) is 0 Å². The molecule has 0 bridgehead atoms. The van der Waals surface area contributed by atoms with Crippen LogP contribution in [0.25, 0.3) is 0 Å². The maximum atomic E-state index is 12.1. The zero-order chi connectivity index (χ0) is 25.8. The monoisotopic (exact) mass is 488 g/mol. The highest BCUT2D eigenvalue weighted by atomic mass is 16.5. The minimum atomic E-state index is -0.493. The van der Waals surface area contributed by atoms with Crippen LogP contribution in [0.4, 0.5) is 0 Å². The standard InChI is InChI=1S/C32H56O3/c1-20-13-14-28(5)15-16-29(6)22(25(28)21(20)2)11-12-24-30(29,7)17-18-32(35-10)27(3,4)19-23(34-9)26(33)31(24,32)8/h20-26,33H,11-19H2,1-10H3/t20-,21+,22-,23?,24+,25+,26?,28-,29-,30-,31+,32-/m1/s1. The zero-order valence-corrected chi connectivity index (χ0v) is 24.7. The van der Waals surface area contributed by atoms with Crippen LogP contribution in [0, 0.1) is 56.7 Å². The summed E-state index contributed by atoms with van der Waals surface area (Å²) in [6, 6.07) is 0. The molecule has 0 heterocycles. The van der Waals surface area contributed by atoms with E-state index in [0.717, 1.165) is 36.5 Å². The lowest BCUT2D eigenvalue weighted by atomic mass is 9.30. The minimum absolute atomic E-state index is 0.0477. The third kappa shape index (κ3) is 2.96. The van der Waals surface area contributed by atoms with E-state index in [1.165, 1.54) is 44.9 Å². The van der Waals surface area contributed by atoms with Gasteiger partial charge < -0.3 is 14.6 Å². The number of ether oxygens (including phenoxy) is 2. The molecular formula is C32H56O3. The van der Waals surface area contributed by atoms with Crippen LogP contribution >= 0.6 is 0 Å². The molecule has 0 aromatic rings. The predicted octanol–water partition coefficient (Wildman–Crippen LogP) is 7.50. The van der Waals surface area contributed by atoms with E-state index in [9.17, 15) is 5.11 Å². The van der Waals surface area contributed by atoms with Crippen LogP contribution < -0.4 is 0 Å². The summed E-state index contributed by atoms with van der Waals surface area (Å²) in [5.74, 6) is 3.73. The van der Waals surface area contributed by atoms with E-state index in [1.807, 2.05) is 7.11 Å². The maximum absolute atomic E-state index is 12.1. The molecule has 0 aromatic heterocycles. The number of rotatable bonds is 2. The number of aliphatic hydroxyl groups excluding tert-OH is 1. The predicted molar refractivity (Wildman–Crippen MR) is 143 cm³/mol. The van der Waals surface area contributed by atoms with Gasteiger partial charge in [0, 0.05) is 19.6 Å². The fraction of sp³-hybridized carbons (Fsp3) is 1.00. The van der Waals surface area contributed by atoms with Crippen molar-refractivity contribution >= 4 is 0 Å². The molecule has 0 radical (unpaired) electrons. The van der Waals surface area contributed by atoms with Gasteiger partial charge >= 0.3 is 0 Å². The molecule has 0 amide bonds. The molecule has 5 aliphatic carbocycles. The van der Waals surface area contributed by atoms with Gasteiger partial charge in [-0.05, 0) is 109 Å². The van der Waals surface area contributed by atoms with Crippen LogP contribution in [0.5, 0.6) is 0 Å². The van der Waals surface area contributed by atoms with E-state index in [2.05, 4.69) is 55.4 Å². The van der Waals surface area contributed by atoms with Crippen LogP contribution in [-0.4, -0.2) is 37.1 Å². The molecule has 3 heteroatoms. The molecule has 2 unspecified atom stereocenters. The molecule has 12 atom stereocenters. The molecule has 202 valence electrons. The topological polar surface area (TPSA) is 38.7 Å². The number of fused-ring (bicyclic) bond motifs is 7. The summed E-state index contributed by atoms with van der Waals surface area (Å²) in [5, 5.41) is 12.1. The molecule has 0 saturated heterocycles. The Kier molecular flexibility index (Phi) is 6.02. The fourth-order valence-electron chi connectivity index (χ4n) is 12.4. The number of methoxy groups -OCH3 is 2. The highest BCUT2D eigenvalue weighted by Gasteiger charge is 2.76. The first-order chi connectivity index (χ1) is 16.2. The lowest BCUT2D eigenvalue weighted by Gasteiger charge is -2.76. The van der Waals surface area contributed by atoms with Gasteiger partial charge in [-0.1, -0.05) is 55.4 Å². The fourth-order valence-corrected chi connectivity index (χ4v) is 12.4. The molecule has 1 N–H and O–H groups in total. The molecule has 0 spiro atoms. The largest absolute Gasteiger partial charge is 0.390 e. The number of hydrogen-bond donors (Lipinski definition) is 1. The summed E-state index contributed by atoms with van der Waals surface area (Å²) in [6.45, 7) is 20.2. The van der Waals surface area contributed by atoms with Crippen LogP contribution in [0.1, 0.15) is 113 Å². The minimum Gasteiger partial charge on any atom is -0.390 e. The normalized spacial score (nSPS) is 59.6. The lowest BCUT2D eigenvalue weighted by Crippen LogP contribution is -2.77. The van der Waals surface area contributed by atoms with Crippen molar-refractivity contribution in [2.75, 3.05) is 14.2 Å². The van der Waals surface area contributed by atoms with Gasteiger partial charge in [0.25, 0.3) is 0 Å². The van der Waals surface area contributed by atoms with Crippen LogP contribution in [0.2, 0.25) is 0 Å². The van der Waals surface area contributed by atoms with Crippen LogP contribution in [0.15, 0.2) is 0 Å². The van der Waals surface area contributed by atoms with E-state index in [-0.39, 0.29) is 27.9 Å². The average Bonchev–Trinajstić information content (AvgIpc) is 2.80. The van der Waals surface area contributed by atoms with E-state index in [1.54, 1.807) is 7.11 Å². The number of aliphatic hydroxyl groups is 1. The quantitative estimate of drug-likeness (QED) is 0.437. The van der Waals surface area contributed by atoms with Crippen molar-refractivity contribution in [1.29, 1.82) is 0 Å². The SMILES string of the molecule is COC1CC(C)(C)[C@]2(OC)CC[C@]3(C)[C@H](CC[C@@H]4[C@@H]5[C@@H](C)[C@H](C)CC[C@]5(C)CC[C@]43C)[C@@]2(C)C1O. The molecule has 5 fully saturated rings. The highest BCUT2D eigenvalue weighted by molar-refractivity contribution is 5.25. The second-order valence-electron chi connectivity index (χ2n) is 15.7. The van der Waals surface area contributed by atoms with Crippen molar-refractivity contribution < 1.29 is 14.6 Å². The van der Waals surface area contributed by atoms with Gasteiger partial charge in [-0.25, -0.2) is 0 Å². The first-order valence-electron chi connectivity index (χ1n) is 15.0. The average molecular weight is 489 g/mol. The van der Waals surface area contributed by atoms with Gasteiger partial charge in [0.15, 0.2) is 0 Å². The Balaban J connectivity index is 1.62. The summed E-state index contributed by atoms with van der Waals surface area (Å²) in [7, 11) is 3.72. The van der Waals surface area contributed by atoms with Crippen molar-refractivity contribution in [2.24, 2.45) is 56.7 Å². The summed E-state index contributed by atoms with van der Waals surface area (Å²) >= 11 is 0. The Morgan fingerprint density at radius 3 is 2.06 bits per heavy atom. The van der Waals surface area contributed by atoms with Gasteiger partial charge in [0.2, 0.25) is 0 Å². The molecule has 5 saturated carbocycles. The third-order valence-electron chi connectivity index (χ3n) is 14.8.